The predicted octanol–water partition coefficient (Wildman–Crippen LogP) is 2.12. The first kappa shape index (κ1) is 13.8. The van der Waals surface area contributed by atoms with Crippen molar-refractivity contribution >= 4 is 10.9 Å². The molecule has 2 aliphatic heterocycles. The number of hydrogen-bond acceptors (Lipinski definition) is 5. The molecule has 2 saturated heterocycles. The SMILES string of the molecule is Fc1nc(OC[C@@]23CCCN2C[C@H](F)C3)nc2ccncc12. The van der Waals surface area contributed by atoms with E-state index in [1.54, 1.807) is 12.3 Å². The van der Waals surface area contributed by atoms with Crippen molar-refractivity contribution in [1.29, 1.82) is 0 Å². The lowest BCUT2D eigenvalue weighted by atomic mass is 9.95. The molecule has 2 fully saturated rings. The molecule has 2 aromatic rings. The number of aromatic nitrogens is 3. The second-order valence-corrected chi connectivity index (χ2v) is 6.05. The monoisotopic (exact) mass is 306 g/mol. The summed E-state index contributed by atoms with van der Waals surface area (Å²) in [6.45, 7) is 1.65. The summed E-state index contributed by atoms with van der Waals surface area (Å²) in [7, 11) is 0. The Hall–Kier alpha value is -1.89. The van der Waals surface area contributed by atoms with Crippen molar-refractivity contribution in [3.63, 3.8) is 0 Å². The molecule has 0 bridgehead atoms. The largest absolute Gasteiger partial charge is 0.461 e. The van der Waals surface area contributed by atoms with Gasteiger partial charge in [-0.05, 0) is 25.5 Å². The number of nitrogens with zero attached hydrogens (tertiary/aromatic N) is 4. The van der Waals surface area contributed by atoms with Gasteiger partial charge in [0.25, 0.3) is 0 Å². The van der Waals surface area contributed by atoms with E-state index < -0.39 is 12.1 Å². The minimum Gasteiger partial charge on any atom is -0.461 e. The second-order valence-electron chi connectivity index (χ2n) is 6.05. The van der Waals surface area contributed by atoms with Crippen molar-refractivity contribution in [1.82, 2.24) is 19.9 Å². The van der Waals surface area contributed by atoms with Gasteiger partial charge in [0.05, 0.1) is 16.4 Å². The zero-order valence-corrected chi connectivity index (χ0v) is 12.0. The average Bonchev–Trinajstić information content (AvgIpc) is 3.01. The Morgan fingerprint density at radius 3 is 3.23 bits per heavy atom. The lowest BCUT2D eigenvalue weighted by Gasteiger charge is -2.30. The third-order valence-corrected chi connectivity index (χ3v) is 4.66. The Kier molecular flexibility index (Phi) is 3.18. The van der Waals surface area contributed by atoms with Crippen LogP contribution in [0.3, 0.4) is 0 Å². The first-order chi connectivity index (χ1) is 10.7. The van der Waals surface area contributed by atoms with Crippen LogP contribution in [0, 0.1) is 5.95 Å². The van der Waals surface area contributed by atoms with Crippen molar-refractivity contribution in [2.24, 2.45) is 0 Å². The van der Waals surface area contributed by atoms with Gasteiger partial charge in [-0.2, -0.15) is 14.4 Å². The Morgan fingerprint density at radius 2 is 2.32 bits per heavy atom. The smallest absolute Gasteiger partial charge is 0.319 e. The lowest BCUT2D eigenvalue weighted by molar-refractivity contribution is 0.107. The van der Waals surface area contributed by atoms with E-state index >= 15 is 0 Å². The van der Waals surface area contributed by atoms with Gasteiger partial charge in [-0.1, -0.05) is 0 Å². The van der Waals surface area contributed by atoms with Gasteiger partial charge in [0, 0.05) is 25.4 Å². The van der Waals surface area contributed by atoms with Gasteiger partial charge in [0.2, 0.25) is 5.95 Å². The molecule has 4 rings (SSSR count). The van der Waals surface area contributed by atoms with Crippen LogP contribution in [0.2, 0.25) is 0 Å². The number of pyridine rings is 1. The van der Waals surface area contributed by atoms with Gasteiger partial charge in [0.1, 0.15) is 12.8 Å². The van der Waals surface area contributed by atoms with Crippen molar-refractivity contribution in [3.8, 4) is 6.01 Å². The maximum atomic E-state index is 13.9. The number of alkyl halides is 1. The highest BCUT2D eigenvalue weighted by atomic mass is 19.1. The van der Waals surface area contributed by atoms with E-state index in [1.807, 2.05) is 0 Å². The van der Waals surface area contributed by atoms with E-state index in [-0.39, 0.29) is 16.9 Å². The Morgan fingerprint density at radius 1 is 1.41 bits per heavy atom. The molecule has 0 aliphatic carbocycles. The molecule has 116 valence electrons. The first-order valence-corrected chi connectivity index (χ1v) is 7.45. The van der Waals surface area contributed by atoms with E-state index in [0.717, 1.165) is 19.4 Å². The summed E-state index contributed by atoms with van der Waals surface area (Å²) in [6.07, 6.45) is 4.51. The van der Waals surface area contributed by atoms with E-state index in [1.165, 1.54) is 6.20 Å². The van der Waals surface area contributed by atoms with Crippen molar-refractivity contribution in [2.45, 2.75) is 31.0 Å². The fraction of sp³-hybridized carbons (Fsp3) is 0.533. The molecule has 2 aliphatic rings. The number of ether oxygens (including phenoxy) is 1. The summed E-state index contributed by atoms with van der Waals surface area (Å²) < 4.78 is 33.3. The Labute approximate surface area is 126 Å². The molecular formula is C15H16F2N4O. The minimum atomic E-state index is -0.816. The fourth-order valence-electron chi connectivity index (χ4n) is 3.63. The van der Waals surface area contributed by atoms with Gasteiger partial charge < -0.3 is 4.74 Å². The maximum absolute atomic E-state index is 13.9. The average molecular weight is 306 g/mol. The zero-order chi connectivity index (χ0) is 15.2. The van der Waals surface area contributed by atoms with Crippen molar-refractivity contribution in [3.05, 3.63) is 24.4 Å². The summed E-state index contributed by atoms with van der Waals surface area (Å²) in [5, 5.41) is 0.264. The van der Waals surface area contributed by atoms with Crippen molar-refractivity contribution < 1.29 is 13.5 Å². The van der Waals surface area contributed by atoms with Crippen LogP contribution in [0.4, 0.5) is 8.78 Å². The molecule has 0 spiro atoms. The van der Waals surface area contributed by atoms with Gasteiger partial charge in [-0.25, -0.2) is 4.39 Å². The molecule has 0 amide bonds. The molecule has 0 saturated carbocycles. The molecule has 0 radical (unpaired) electrons. The Bertz CT molecular complexity index is 713. The molecule has 22 heavy (non-hydrogen) atoms. The van der Waals surface area contributed by atoms with E-state index in [9.17, 15) is 8.78 Å². The lowest BCUT2D eigenvalue weighted by Crippen LogP contribution is -2.43. The molecule has 7 heteroatoms. The van der Waals surface area contributed by atoms with Gasteiger partial charge >= 0.3 is 6.01 Å². The summed E-state index contributed by atoms with van der Waals surface area (Å²) in [4.78, 5) is 13.9. The third-order valence-electron chi connectivity index (χ3n) is 4.66. The van der Waals surface area contributed by atoms with Crippen LogP contribution in [-0.4, -0.2) is 51.3 Å². The predicted molar refractivity (Wildman–Crippen MR) is 75.8 cm³/mol. The number of rotatable bonds is 3. The van der Waals surface area contributed by atoms with E-state index in [4.69, 9.17) is 4.74 Å². The summed E-state index contributed by atoms with van der Waals surface area (Å²) in [5.74, 6) is -0.649. The normalized spacial score (nSPS) is 28.2. The molecule has 2 aromatic heterocycles. The zero-order valence-electron chi connectivity index (χ0n) is 12.0. The van der Waals surface area contributed by atoms with Crippen LogP contribution in [0.25, 0.3) is 10.9 Å². The molecule has 0 unspecified atom stereocenters. The summed E-state index contributed by atoms with van der Waals surface area (Å²) >= 11 is 0. The molecule has 4 heterocycles. The molecular weight excluding hydrogens is 290 g/mol. The fourth-order valence-corrected chi connectivity index (χ4v) is 3.63. The van der Waals surface area contributed by atoms with Crippen LogP contribution in [0.5, 0.6) is 6.01 Å². The standard InChI is InChI=1S/C15H16F2N4O/c16-10-6-15(3-1-5-21(15)8-10)9-22-14-19-12-2-4-18-7-11(12)13(17)20-14/h2,4,7,10H,1,3,5-6,8-9H2/t10-,15+/m1/s1. The van der Waals surface area contributed by atoms with E-state index in [2.05, 4.69) is 19.9 Å². The third kappa shape index (κ3) is 2.20. The van der Waals surface area contributed by atoms with Gasteiger partial charge in [0.15, 0.2) is 0 Å². The number of fused-ring (bicyclic) bond motifs is 2. The second kappa shape index (κ2) is 5.08. The molecule has 0 N–H and O–H groups in total. The molecule has 5 nitrogen and oxygen atoms in total. The van der Waals surface area contributed by atoms with Crippen LogP contribution >= 0.6 is 0 Å². The quantitative estimate of drug-likeness (QED) is 0.813. The van der Waals surface area contributed by atoms with Crippen LogP contribution in [-0.2, 0) is 0 Å². The van der Waals surface area contributed by atoms with Crippen LogP contribution in [0.1, 0.15) is 19.3 Å². The molecule has 0 aromatic carbocycles. The minimum absolute atomic E-state index is 0.000247. The van der Waals surface area contributed by atoms with E-state index in [0.29, 0.717) is 25.1 Å². The topological polar surface area (TPSA) is 51.1 Å². The first-order valence-electron chi connectivity index (χ1n) is 7.45. The number of halogens is 2. The highest BCUT2D eigenvalue weighted by molar-refractivity contribution is 5.77. The number of hydrogen-bond donors (Lipinski definition) is 0. The van der Waals surface area contributed by atoms with Gasteiger partial charge in [-0.15, -0.1) is 0 Å². The van der Waals surface area contributed by atoms with Crippen LogP contribution in [0.15, 0.2) is 18.5 Å². The molecule has 2 atom stereocenters. The van der Waals surface area contributed by atoms with Gasteiger partial charge in [-0.3, -0.25) is 9.88 Å². The maximum Gasteiger partial charge on any atom is 0.319 e. The highest BCUT2D eigenvalue weighted by Crippen LogP contribution is 2.40. The van der Waals surface area contributed by atoms with Crippen LogP contribution < -0.4 is 4.74 Å². The summed E-state index contributed by atoms with van der Waals surface area (Å²) in [5.41, 5.74) is 0.167. The Balaban J connectivity index is 1.57. The highest BCUT2D eigenvalue weighted by Gasteiger charge is 2.49. The van der Waals surface area contributed by atoms with Crippen molar-refractivity contribution in [2.75, 3.05) is 19.7 Å². The summed E-state index contributed by atoms with van der Waals surface area (Å²) in [6, 6.07) is 1.61.